The Morgan fingerprint density at radius 1 is 0.895 bits per heavy atom. The first kappa shape index (κ1) is 15.3. The van der Waals surface area contributed by atoms with E-state index in [1.165, 1.54) is 83.6 Å². The van der Waals surface area contributed by atoms with Crippen LogP contribution < -0.4 is 5.73 Å². The van der Waals surface area contributed by atoms with E-state index in [4.69, 9.17) is 5.73 Å². The van der Waals surface area contributed by atoms with Crippen LogP contribution in [0.5, 0.6) is 0 Å². The average molecular weight is 266 g/mol. The Balaban J connectivity index is 1.86. The molecule has 0 saturated heterocycles. The van der Waals surface area contributed by atoms with Crippen molar-refractivity contribution in [3.63, 3.8) is 0 Å². The first-order valence-corrected chi connectivity index (χ1v) is 8.78. The van der Waals surface area contributed by atoms with Gasteiger partial charge in [-0.15, -0.1) is 0 Å². The van der Waals surface area contributed by atoms with E-state index >= 15 is 0 Å². The number of rotatable bonds is 6. The molecular weight excluding hydrogens is 232 g/mol. The number of nitrogens with two attached hydrogens (primary N) is 1. The Labute approximate surface area is 120 Å². The van der Waals surface area contributed by atoms with Crippen LogP contribution in [0.25, 0.3) is 0 Å². The summed E-state index contributed by atoms with van der Waals surface area (Å²) in [4.78, 5) is 2.90. The third-order valence-electron chi connectivity index (χ3n) is 5.16. The average Bonchev–Trinajstić information content (AvgIpc) is 2.45. The first-order valence-electron chi connectivity index (χ1n) is 8.78. The van der Waals surface area contributed by atoms with Gasteiger partial charge in [-0.05, 0) is 52.0 Å². The second-order valence-electron chi connectivity index (χ2n) is 6.94. The van der Waals surface area contributed by atoms with Gasteiger partial charge >= 0.3 is 0 Å². The van der Waals surface area contributed by atoms with E-state index < -0.39 is 0 Å². The molecule has 2 nitrogen and oxygen atoms in total. The lowest BCUT2D eigenvalue weighted by molar-refractivity contribution is 0.0786. The van der Waals surface area contributed by atoms with E-state index in [0.29, 0.717) is 6.04 Å². The van der Waals surface area contributed by atoms with Gasteiger partial charge in [-0.2, -0.15) is 0 Å². The van der Waals surface area contributed by atoms with E-state index in [-0.39, 0.29) is 0 Å². The summed E-state index contributed by atoms with van der Waals surface area (Å²) in [6.45, 7) is 3.45. The predicted molar refractivity (Wildman–Crippen MR) is 83.3 cm³/mol. The molecule has 2 rings (SSSR count). The Bertz CT molecular complexity index is 209. The molecule has 112 valence electrons. The summed E-state index contributed by atoms with van der Waals surface area (Å²) < 4.78 is 0. The molecule has 2 aliphatic carbocycles. The van der Waals surface area contributed by atoms with Crippen molar-refractivity contribution in [1.29, 1.82) is 0 Å². The molecule has 0 aromatic heterocycles. The molecule has 2 saturated carbocycles. The van der Waals surface area contributed by atoms with Crippen LogP contribution in [0, 0.1) is 0 Å². The molecule has 0 spiro atoms. The summed E-state index contributed by atoms with van der Waals surface area (Å²) in [5.74, 6) is 0. The molecule has 2 N–H and O–H groups in total. The molecule has 0 bridgehead atoms. The van der Waals surface area contributed by atoms with E-state index in [2.05, 4.69) is 11.8 Å². The highest BCUT2D eigenvalue weighted by Crippen LogP contribution is 2.30. The minimum atomic E-state index is 0.375. The van der Waals surface area contributed by atoms with Crippen LogP contribution in [0.2, 0.25) is 0 Å². The summed E-state index contributed by atoms with van der Waals surface area (Å²) in [6, 6.07) is 2.16. The molecule has 2 aliphatic rings. The molecule has 1 unspecified atom stereocenters. The maximum absolute atomic E-state index is 5.92. The summed E-state index contributed by atoms with van der Waals surface area (Å²) in [6.07, 6.45) is 17.1. The van der Waals surface area contributed by atoms with E-state index in [1.54, 1.807) is 0 Å². The number of hydrogen-bond acceptors (Lipinski definition) is 2. The van der Waals surface area contributed by atoms with Crippen LogP contribution >= 0.6 is 0 Å². The monoisotopic (exact) mass is 266 g/mol. The summed E-state index contributed by atoms with van der Waals surface area (Å²) >= 11 is 0. The van der Waals surface area contributed by atoms with Crippen LogP contribution in [-0.2, 0) is 0 Å². The largest absolute Gasteiger partial charge is 0.328 e. The van der Waals surface area contributed by atoms with Gasteiger partial charge in [0, 0.05) is 18.1 Å². The Kier molecular flexibility index (Phi) is 6.66. The van der Waals surface area contributed by atoms with Crippen molar-refractivity contribution < 1.29 is 0 Å². The van der Waals surface area contributed by atoms with Crippen molar-refractivity contribution in [3.8, 4) is 0 Å². The summed E-state index contributed by atoms with van der Waals surface area (Å²) in [7, 11) is 0. The van der Waals surface area contributed by atoms with Crippen molar-refractivity contribution >= 4 is 0 Å². The van der Waals surface area contributed by atoms with Gasteiger partial charge in [0.05, 0.1) is 0 Å². The first-order chi connectivity index (χ1) is 9.27. The number of hydrogen-bond donors (Lipinski definition) is 1. The zero-order chi connectivity index (χ0) is 13.5. The van der Waals surface area contributed by atoms with Crippen LogP contribution in [-0.4, -0.2) is 29.6 Å². The highest BCUT2D eigenvalue weighted by atomic mass is 15.2. The maximum Gasteiger partial charge on any atom is 0.00981 e. The molecular formula is C17H34N2. The maximum atomic E-state index is 5.92. The smallest absolute Gasteiger partial charge is 0.00981 e. The van der Waals surface area contributed by atoms with Crippen LogP contribution in [0.1, 0.15) is 84.0 Å². The zero-order valence-electron chi connectivity index (χ0n) is 12.9. The molecule has 0 aromatic rings. The topological polar surface area (TPSA) is 29.3 Å². The number of nitrogens with zero attached hydrogens (tertiary/aromatic N) is 1. The lowest BCUT2D eigenvalue weighted by Gasteiger charge is -2.42. The van der Waals surface area contributed by atoms with Crippen molar-refractivity contribution in [2.45, 2.75) is 102 Å². The van der Waals surface area contributed by atoms with Crippen molar-refractivity contribution in [2.75, 3.05) is 6.54 Å². The second-order valence-corrected chi connectivity index (χ2v) is 6.94. The van der Waals surface area contributed by atoms with E-state index in [9.17, 15) is 0 Å². The van der Waals surface area contributed by atoms with Gasteiger partial charge in [0.15, 0.2) is 0 Å². The standard InChI is InChI=1S/C17H34N2/c1-15(18)9-8-14-19(16-10-4-2-5-11-16)17-12-6-3-7-13-17/h15-17H,2-14,18H2,1H3. The lowest BCUT2D eigenvalue weighted by Crippen LogP contribution is -2.45. The van der Waals surface area contributed by atoms with Crippen LogP contribution in [0.4, 0.5) is 0 Å². The van der Waals surface area contributed by atoms with Gasteiger partial charge in [-0.25, -0.2) is 0 Å². The molecule has 0 amide bonds. The third kappa shape index (κ3) is 5.07. The Hall–Kier alpha value is -0.0800. The van der Waals surface area contributed by atoms with Crippen molar-refractivity contribution in [3.05, 3.63) is 0 Å². The molecule has 1 atom stereocenters. The highest BCUT2D eigenvalue weighted by Gasteiger charge is 2.28. The molecule has 2 fully saturated rings. The fourth-order valence-electron chi connectivity index (χ4n) is 4.08. The highest BCUT2D eigenvalue weighted by molar-refractivity contribution is 4.83. The molecule has 0 heterocycles. The van der Waals surface area contributed by atoms with Gasteiger partial charge in [0.1, 0.15) is 0 Å². The van der Waals surface area contributed by atoms with Crippen LogP contribution in [0.3, 0.4) is 0 Å². The Morgan fingerprint density at radius 2 is 1.37 bits per heavy atom. The third-order valence-corrected chi connectivity index (χ3v) is 5.16. The predicted octanol–water partition coefficient (Wildman–Crippen LogP) is 4.08. The van der Waals surface area contributed by atoms with Crippen LogP contribution in [0.15, 0.2) is 0 Å². The van der Waals surface area contributed by atoms with Crippen molar-refractivity contribution in [1.82, 2.24) is 4.90 Å². The summed E-state index contributed by atoms with van der Waals surface area (Å²) in [5, 5.41) is 0. The fraction of sp³-hybridized carbons (Fsp3) is 1.00. The van der Waals surface area contributed by atoms with Gasteiger partial charge in [-0.1, -0.05) is 38.5 Å². The van der Waals surface area contributed by atoms with E-state index in [0.717, 1.165) is 12.1 Å². The van der Waals surface area contributed by atoms with Gasteiger partial charge in [0.2, 0.25) is 0 Å². The lowest BCUT2D eigenvalue weighted by atomic mass is 9.88. The van der Waals surface area contributed by atoms with Gasteiger partial charge < -0.3 is 5.73 Å². The molecule has 0 radical (unpaired) electrons. The Morgan fingerprint density at radius 3 is 1.79 bits per heavy atom. The molecule has 19 heavy (non-hydrogen) atoms. The SMILES string of the molecule is CC(N)CCCN(C1CCCCC1)C1CCCCC1. The van der Waals surface area contributed by atoms with E-state index in [1.807, 2.05) is 0 Å². The van der Waals surface area contributed by atoms with Gasteiger partial charge in [0.25, 0.3) is 0 Å². The minimum absolute atomic E-state index is 0.375. The fourth-order valence-corrected chi connectivity index (χ4v) is 4.08. The van der Waals surface area contributed by atoms with Gasteiger partial charge in [-0.3, -0.25) is 4.90 Å². The quantitative estimate of drug-likeness (QED) is 0.785. The molecule has 0 aromatic carbocycles. The molecule has 0 aliphatic heterocycles. The second kappa shape index (κ2) is 8.26. The normalized spacial score (nSPS) is 24.8. The molecule has 2 heteroatoms. The zero-order valence-corrected chi connectivity index (χ0v) is 12.9. The van der Waals surface area contributed by atoms with Crippen molar-refractivity contribution in [2.24, 2.45) is 5.73 Å². The summed E-state index contributed by atoms with van der Waals surface area (Å²) in [5.41, 5.74) is 5.92. The minimum Gasteiger partial charge on any atom is -0.328 e.